The minimum absolute atomic E-state index is 0.0339. The molecule has 0 unspecified atom stereocenters. The van der Waals surface area contributed by atoms with Crippen molar-refractivity contribution >= 4 is 11.8 Å². The lowest BCUT2D eigenvalue weighted by Crippen LogP contribution is -2.38. The molecule has 16 heavy (non-hydrogen) atoms. The Hall–Kier alpha value is -1.64. The smallest absolute Gasteiger partial charge is 0.229 e. The van der Waals surface area contributed by atoms with Crippen LogP contribution in [-0.4, -0.2) is 22.8 Å². The number of carbonyl (C=O) groups is 2. The van der Waals surface area contributed by atoms with Crippen LogP contribution in [0.4, 0.5) is 0 Å². The Labute approximate surface area is 95.1 Å². The van der Waals surface area contributed by atoms with Gasteiger partial charge in [0.2, 0.25) is 11.8 Å². The highest BCUT2D eigenvalue weighted by Crippen LogP contribution is 2.22. The molecular formula is C13H15NO2. The molecule has 1 atom stereocenters. The highest BCUT2D eigenvalue weighted by molar-refractivity contribution is 5.96. The zero-order valence-electron chi connectivity index (χ0n) is 9.35. The minimum atomic E-state index is -0.136. The Bertz CT molecular complexity index is 400. The lowest BCUT2D eigenvalue weighted by Gasteiger charge is -2.21. The van der Waals surface area contributed by atoms with Crippen LogP contribution in [0.5, 0.6) is 0 Å². The van der Waals surface area contributed by atoms with E-state index in [2.05, 4.69) is 0 Å². The van der Waals surface area contributed by atoms with Crippen molar-refractivity contribution in [1.82, 2.24) is 4.90 Å². The van der Waals surface area contributed by atoms with Crippen LogP contribution < -0.4 is 0 Å². The molecule has 0 N–H and O–H groups in total. The Morgan fingerprint density at radius 2 is 2.06 bits per heavy atom. The van der Waals surface area contributed by atoms with E-state index in [1.54, 1.807) is 0 Å². The van der Waals surface area contributed by atoms with Crippen LogP contribution in [0.1, 0.15) is 25.3 Å². The van der Waals surface area contributed by atoms with E-state index in [0.29, 0.717) is 6.42 Å². The molecule has 1 heterocycles. The Morgan fingerprint density at radius 1 is 1.38 bits per heavy atom. The molecule has 3 nitrogen and oxygen atoms in total. The number of carbonyl (C=O) groups excluding carboxylic acids is 2. The fraction of sp³-hybridized carbons (Fsp3) is 0.385. The van der Waals surface area contributed by atoms with Crippen molar-refractivity contribution < 1.29 is 9.59 Å². The average Bonchev–Trinajstić information content (AvgIpc) is 2.61. The van der Waals surface area contributed by atoms with Crippen LogP contribution >= 0.6 is 0 Å². The van der Waals surface area contributed by atoms with E-state index >= 15 is 0 Å². The first-order valence-corrected chi connectivity index (χ1v) is 5.55. The standard InChI is InChI=1S/C13H15NO2/c1-10(15)14-12(7-8-13(14)16)9-11-5-3-2-4-6-11/h2-6,12H,7-9H2,1H3/t12-/m0/s1. The van der Waals surface area contributed by atoms with E-state index < -0.39 is 0 Å². The highest BCUT2D eigenvalue weighted by atomic mass is 16.2. The normalized spacial score (nSPS) is 20.2. The summed E-state index contributed by atoms with van der Waals surface area (Å²) >= 11 is 0. The van der Waals surface area contributed by atoms with Crippen molar-refractivity contribution in [2.24, 2.45) is 0 Å². The summed E-state index contributed by atoms with van der Waals surface area (Å²) in [6, 6.07) is 10.0. The molecule has 1 aromatic rings. The fourth-order valence-corrected chi connectivity index (χ4v) is 2.26. The van der Waals surface area contributed by atoms with Crippen molar-refractivity contribution in [1.29, 1.82) is 0 Å². The second-order valence-corrected chi connectivity index (χ2v) is 4.16. The average molecular weight is 217 g/mol. The maximum Gasteiger partial charge on any atom is 0.229 e. The lowest BCUT2D eigenvalue weighted by atomic mass is 10.0. The van der Waals surface area contributed by atoms with E-state index in [9.17, 15) is 9.59 Å². The van der Waals surface area contributed by atoms with Gasteiger partial charge >= 0.3 is 0 Å². The van der Waals surface area contributed by atoms with E-state index in [4.69, 9.17) is 0 Å². The minimum Gasteiger partial charge on any atom is -0.279 e. The van der Waals surface area contributed by atoms with Gasteiger partial charge in [-0.25, -0.2) is 0 Å². The molecule has 0 aromatic heterocycles. The number of benzene rings is 1. The molecule has 1 aliphatic heterocycles. The number of rotatable bonds is 2. The molecule has 1 aliphatic rings. The molecule has 0 saturated carbocycles. The molecule has 0 bridgehead atoms. The molecule has 84 valence electrons. The third kappa shape index (κ3) is 2.13. The summed E-state index contributed by atoms with van der Waals surface area (Å²) in [6.45, 7) is 1.46. The van der Waals surface area contributed by atoms with E-state index in [0.717, 1.165) is 12.8 Å². The Morgan fingerprint density at radius 3 is 2.69 bits per heavy atom. The van der Waals surface area contributed by atoms with Crippen LogP contribution in [-0.2, 0) is 16.0 Å². The second kappa shape index (κ2) is 4.47. The van der Waals surface area contributed by atoms with Gasteiger partial charge in [0.15, 0.2) is 0 Å². The SMILES string of the molecule is CC(=O)N1C(=O)CC[C@H]1Cc1ccccc1. The molecule has 0 spiro atoms. The molecule has 0 aliphatic carbocycles. The van der Waals surface area contributed by atoms with Crippen molar-refractivity contribution in [2.45, 2.75) is 32.2 Å². The molecule has 3 heteroatoms. The van der Waals surface area contributed by atoms with E-state index in [-0.39, 0.29) is 17.9 Å². The summed E-state index contributed by atoms with van der Waals surface area (Å²) in [6.07, 6.45) is 2.05. The van der Waals surface area contributed by atoms with Crippen LogP contribution in [0.3, 0.4) is 0 Å². The van der Waals surface area contributed by atoms with Gasteiger partial charge in [-0.15, -0.1) is 0 Å². The topological polar surface area (TPSA) is 37.4 Å². The van der Waals surface area contributed by atoms with Gasteiger partial charge < -0.3 is 0 Å². The largest absolute Gasteiger partial charge is 0.279 e. The summed E-state index contributed by atoms with van der Waals surface area (Å²) in [5, 5.41) is 0. The number of nitrogens with zero attached hydrogens (tertiary/aromatic N) is 1. The lowest BCUT2D eigenvalue weighted by molar-refractivity contribution is -0.142. The number of imide groups is 1. The van der Waals surface area contributed by atoms with Crippen LogP contribution in [0, 0.1) is 0 Å². The quantitative estimate of drug-likeness (QED) is 0.757. The van der Waals surface area contributed by atoms with Crippen molar-refractivity contribution in [3.05, 3.63) is 35.9 Å². The zero-order valence-corrected chi connectivity index (χ0v) is 9.35. The van der Waals surface area contributed by atoms with Crippen molar-refractivity contribution in [2.75, 3.05) is 0 Å². The summed E-state index contributed by atoms with van der Waals surface area (Å²) in [7, 11) is 0. The summed E-state index contributed by atoms with van der Waals surface area (Å²) in [4.78, 5) is 24.3. The maximum atomic E-state index is 11.5. The number of likely N-dealkylation sites (tertiary alicyclic amines) is 1. The first-order valence-electron chi connectivity index (χ1n) is 5.55. The van der Waals surface area contributed by atoms with Gasteiger partial charge in [0.25, 0.3) is 0 Å². The third-order valence-corrected chi connectivity index (χ3v) is 2.98. The van der Waals surface area contributed by atoms with Gasteiger partial charge in [-0.3, -0.25) is 14.5 Å². The Kier molecular flexibility index (Phi) is 3.04. The number of hydrogen-bond donors (Lipinski definition) is 0. The van der Waals surface area contributed by atoms with Gasteiger partial charge in [-0.1, -0.05) is 30.3 Å². The molecule has 1 saturated heterocycles. The Balaban J connectivity index is 2.10. The highest BCUT2D eigenvalue weighted by Gasteiger charge is 2.33. The van der Waals surface area contributed by atoms with Crippen LogP contribution in [0.15, 0.2) is 30.3 Å². The number of hydrogen-bond acceptors (Lipinski definition) is 2. The zero-order chi connectivity index (χ0) is 11.5. The van der Waals surface area contributed by atoms with E-state index in [1.165, 1.54) is 17.4 Å². The van der Waals surface area contributed by atoms with Gasteiger partial charge in [0, 0.05) is 19.4 Å². The van der Waals surface area contributed by atoms with Gasteiger partial charge in [0.05, 0.1) is 0 Å². The molecule has 1 fully saturated rings. The predicted molar refractivity (Wildman–Crippen MR) is 60.7 cm³/mol. The van der Waals surface area contributed by atoms with Crippen LogP contribution in [0.2, 0.25) is 0 Å². The van der Waals surface area contributed by atoms with Gasteiger partial charge in [-0.05, 0) is 18.4 Å². The molecular weight excluding hydrogens is 202 g/mol. The molecule has 1 aromatic carbocycles. The number of amides is 2. The van der Waals surface area contributed by atoms with E-state index in [1.807, 2.05) is 30.3 Å². The fourth-order valence-electron chi connectivity index (χ4n) is 2.26. The molecule has 2 amide bonds. The monoisotopic (exact) mass is 217 g/mol. The molecule has 2 rings (SSSR count). The first-order chi connectivity index (χ1) is 7.68. The van der Waals surface area contributed by atoms with Gasteiger partial charge in [0.1, 0.15) is 0 Å². The first kappa shape index (κ1) is 10.9. The molecule has 0 radical (unpaired) electrons. The van der Waals surface area contributed by atoms with Crippen molar-refractivity contribution in [3.63, 3.8) is 0 Å². The second-order valence-electron chi connectivity index (χ2n) is 4.16. The van der Waals surface area contributed by atoms with Crippen LogP contribution in [0.25, 0.3) is 0 Å². The third-order valence-electron chi connectivity index (χ3n) is 2.98. The maximum absolute atomic E-state index is 11.5. The summed E-state index contributed by atoms with van der Waals surface area (Å²) in [5.41, 5.74) is 1.17. The summed E-state index contributed by atoms with van der Waals surface area (Å²) in [5.74, 6) is -0.170. The van der Waals surface area contributed by atoms with Gasteiger partial charge in [-0.2, -0.15) is 0 Å². The predicted octanol–water partition coefficient (Wildman–Crippen LogP) is 1.77. The summed E-state index contributed by atoms with van der Waals surface area (Å²) < 4.78 is 0. The van der Waals surface area contributed by atoms with Crippen molar-refractivity contribution in [3.8, 4) is 0 Å².